The molecule has 11 nitrogen and oxygen atoms in total. The molecule has 1 amide bonds. The third-order valence-electron chi connectivity index (χ3n) is 4.87. The van der Waals surface area contributed by atoms with Gasteiger partial charge in [0.2, 0.25) is 0 Å². The highest BCUT2D eigenvalue weighted by Crippen LogP contribution is 2.33. The fourth-order valence-corrected chi connectivity index (χ4v) is 3.57. The Balaban J connectivity index is 1.70. The van der Waals surface area contributed by atoms with E-state index in [1.54, 1.807) is 4.57 Å². The summed E-state index contributed by atoms with van der Waals surface area (Å²) in [5.41, 5.74) is 3.23. The minimum atomic E-state index is -4.21. The zero-order chi connectivity index (χ0) is 23.2. The summed E-state index contributed by atoms with van der Waals surface area (Å²) in [6, 6.07) is 0. The molecule has 0 aliphatic carbocycles. The maximum atomic E-state index is 12.4. The van der Waals surface area contributed by atoms with E-state index in [-0.39, 0.29) is 18.8 Å². The molecule has 0 aliphatic rings. The Labute approximate surface area is 188 Å². The fraction of sp³-hybridized carbons (Fsp3) is 0.700. The van der Waals surface area contributed by atoms with E-state index in [0.29, 0.717) is 17.8 Å². The summed E-state index contributed by atoms with van der Waals surface area (Å²) in [6.45, 7) is 2.98. The first kappa shape index (κ1) is 26.3. The smallest absolute Gasteiger partial charge is 0.350 e. The van der Waals surface area contributed by atoms with Gasteiger partial charge in [-0.2, -0.15) is 0 Å². The monoisotopic (exact) mass is 471 g/mol. The predicted molar refractivity (Wildman–Crippen MR) is 119 cm³/mol. The number of imidazole rings is 1. The molecule has 0 atom stereocenters. The van der Waals surface area contributed by atoms with Gasteiger partial charge in [-0.3, -0.25) is 14.2 Å². The molecule has 2 heterocycles. The molecule has 0 radical (unpaired) electrons. The second kappa shape index (κ2) is 14.3. The van der Waals surface area contributed by atoms with Crippen LogP contribution in [0.3, 0.4) is 0 Å². The third kappa shape index (κ3) is 9.70. The van der Waals surface area contributed by atoms with E-state index in [9.17, 15) is 9.36 Å². The summed E-state index contributed by atoms with van der Waals surface area (Å²) in [4.78, 5) is 47.6. The van der Waals surface area contributed by atoms with Gasteiger partial charge in [-0.05, 0) is 6.42 Å². The van der Waals surface area contributed by atoms with Gasteiger partial charge in [0.1, 0.15) is 18.2 Å². The van der Waals surface area contributed by atoms with Crippen LogP contribution in [0.4, 0.5) is 0 Å². The normalized spacial score (nSPS) is 11.8. The Morgan fingerprint density at radius 2 is 1.72 bits per heavy atom. The average Bonchev–Trinajstić information content (AvgIpc) is 3.17. The van der Waals surface area contributed by atoms with E-state index < -0.39 is 19.9 Å². The lowest BCUT2D eigenvalue weighted by atomic mass is 10.1. The lowest BCUT2D eigenvalue weighted by molar-refractivity contribution is 0.0294. The lowest BCUT2D eigenvalue weighted by Gasteiger charge is -2.07. The first-order valence-corrected chi connectivity index (χ1v) is 12.9. The highest BCUT2D eigenvalue weighted by atomic mass is 31.2. The number of hydrogen-bond donors (Lipinski definition) is 3. The first-order chi connectivity index (χ1) is 15.4. The van der Waals surface area contributed by atoms with Crippen molar-refractivity contribution in [3.05, 3.63) is 18.3 Å². The number of fused-ring (bicyclic) bond motifs is 1. The van der Waals surface area contributed by atoms with Crippen molar-refractivity contribution >= 4 is 24.7 Å². The molecule has 0 saturated heterocycles. The van der Waals surface area contributed by atoms with Crippen molar-refractivity contribution in [2.75, 3.05) is 19.6 Å². The number of carbonyl (C=O) groups is 1. The quantitative estimate of drug-likeness (QED) is 0.180. The van der Waals surface area contributed by atoms with Crippen LogP contribution >= 0.6 is 7.60 Å². The van der Waals surface area contributed by atoms with Crippen molar-refractivity contribution < 1.29 is 28.7 Å². The molecule has 2 aromatic heterocycles. The van der Waals surface area contributed by atoms with Crippen molar-refractivity contribution in [3.63, 3.8) is 0 Å². The number of hydrogen-bond acceptors (Lipinski definition) is 7. The van der Waals surface area contributed by atoms with Crippen molar-refractivity contribution in [2.45, 2.75) is 71.3 Å². The van der Waals surface area contributed by atoms with E-state index in [2.05, 4.69) is 27.4 Å². The third-order valence-corrected chi connectivity index (χ3v) is 5.39. The van der Waals surface area contributed by atoms with Crippen molar-refractivity contribution in [2.24, 2.45) is 0 Å². The van der Waals surface area contributed by atoms with E-state index in [1.807, 2.05) is 0 Å². The lowest BCUT2D eigenvalue weighted by Crippen LogP contribution is -2.25. The summed E-state index contributed by atoms with van der Waals surface area (Å²) < 4.78 is 17.4. The Morgan fingerprint density at radius 1 is 1.03 bits per heavy atom. The van der Waals surface area contributed by atoms with Crippen LogP contribution in [0, 0.1) is 0 Å². The molecule has 12 heteroatoms. The summed E-state index contributed by atoms with van der Waals surface area (Å²) in [7, 11) is -4.21. The van der Waals surface area contributed by atoms with Crippen LogP contribution in [-0.2, 0) is 20.7 Å². The summed E-state index contributed by atoms with van der Waals surface area (Å²) in [5.74, 6) is -0.503. The molecule has 0 aliphatic heterocycles. The maximum absolute atomic E-state index is 12.4. The van der Waals surface area contributed by atoms with Crippen LogP contribution in [0.15, 0.2) is 12.7 Å². The second-order valence-corrected chi connectivity index (χ2v) is 9.23. The number of amides is 1. The summed E-state index contributed by atoms with van der Waals surface area (Å²) >= 11 is 0. The van der Waals surface area contributed by atoms with Crippen LogP contribution in [0.1, 0.15) is 75.2 Å². The minimum Gasteiger partial charge on any atom is -0.367 e. The molecule has 2 aromatic rings. The van der Waals surface area contributed by atoms with Crippen LogP contribution in [0.2, 0.25) is 0 Å². The zero-order valence-corrected chi connectivity index (χ0v) is 19.5. The molecule has 2 rings (SSSR count). The highest BCUT2D eigenvalue weighted by Gasteiger charge is 2.17. The first-order valence-electron chi connectivity index (χ1n) is 11.1. The summed E-state index contributed by atoms with van der Waals surface area (Å²) in [6.07, 6.45) is 12.9. The Morgan fingerprint density at radius 3 is 2.41 bits per heavy atom. The van der Waals surface area contributed by atoms with E-state index in [0.717, 1.165) is 12.8 Å². The Hall–Kier alpha value is -1.91. The molecule has 0 unspecified atom stereocenters. The molecule has 3 N–H and O–H groups in total. The van der Waals surface area contributed by atoms with Gasteiger partial charge in [0.05, 0.1) is 19.5 Å². The zero-order valence-electron chi connectivity index (χ0n) is 18.6. The van der Waals surface area contributed by atoms with Crippen LogP contribution in [-0.4, -0.2) is 54.8 Å². The van der Waals surface area contributed by atoms with Crippen LogP contribution in [0.5, 0.6) is 0 Å². The van der Waals surface area contributed by atoms with Gasteiger partial charge in [-0.1, -0.05) is 58.3 Å². The molecule has 0 aromatic carbocycles. The molecular weight excluding hydrogens is 437 g/mol. The van der Waals surface area contributed by atoms with Gasteiger partial charge < -0.3 is 19.1 Å². The number of rotatable bonds is 17. The van der Waals surface area contributed by atoms with Crippen LogP contribution in [0.25, 0.3) is 11.2 Å². The van der Waals surface area contributed by atoms with Crippen molar-refractivity contribution in [3.8, 4) is 0 Å². The topological polar surface area (TPSA) is 149 Å². The van der Waals surface area contributed by atoms with Crippen LogP contribution < -0.4 is 5.48 Å². The number of nitrogens with zero attached hydrogens (tertiary/aromatic N) is 4. The van der Waals surface area contributed by atoms with Gasteiger partial charge in [0.15, 0.2) is 11.3 Å². The fourth-order valence-electron chi connectivity index (χ4n) is 3.21. The Kier molecular flexibility index (Phi) is 11.8. The molecule has 32 heavy (non-hydrogen) atoms. The maximum Gasteiger partial charge on any atom is 0.350 e. The molecule has 0 bridgehead atoms. The number of aromatic nitrogens is 4. The predicted octanol–water partition coefficient (Wildman–Crippen LogP) is 3.17. The van der Waals surface area contributed by atoms with Gasteiger partial charge in [0, 0.05) is 6.54 Å². The average molecular weight is 471 g/mol. The van der Waals surface area contributed by atoms with Crippen molar-refractivity contribution in [1.29, 1.82) is 0 Å². The van der Waals surface area contributed by atoms with Gasteiger partial charge in [-0.15, -0.1) is 0 Å². The largest absolute Gasteiger partial charge is 0.367 e. The molecular formula is C20H34N5O6P. The Bertz CT molecular complexity index is 871. The second-order valence-electron chi connectivity index (χ2n) is 7.64. The van der Waals surface area contributed by atoms with Gasteiger partial charge in [0.25, 0.3) is 5.91 Å². The number of nitrogens with one attached hydrogen (secondary N) is 1. The number of carbonyl (C=O) groups excluding carboxylic acids is 1. The molecule has 180 valence electrons. The molecule has 0 saturated carbocycles. The van der Waals surface area contributed by atoms with E-state index in [4.69, 9.17) is 19.4 Å². The number of hydroxylamine groups is 1. The van der Waals surface area contributed by atoms with Gasteiger partial charge in [-0.25, -0.2) is 20.4 Å². The number of unbranched alkanes of at least 4 members (excludes halogenated alkanes) is 8. The SMILES string of the molecule is CCCCCCCCCCCONC(=O)c1ncnc2c1ncn2CCOCP(=O)(O)O. The highest BCUT2D eigenvalue weighted by molar-refractivity contribution is 7.51. The molecule has 0 fully saturated rings. The van der Waals surface area contributed by atoms with E-state index in [1.165, 1.54) is 57.6 Å². The molecule has 0 spiro atoms. The van der Waals surface area contributed by atoms with E-state index >= 15 is 0 Å². The minimum absolute atomic E-state index is 0.0595. The summed E-state index contributed by atoms with van der Waals surface area (Å²) in [5, 5.41) is 0. The van der Waals surface area contributed by atoms with Gasteiger partial charge >= 0.3 is 7.60 Å². The standard InChI is InChI=1S/C20H34N5O6P/c1-2-3-4-5-6-7-8-9-10-12-31-24-20(26)18-17-19(22-14-21-18)25(15-23-17)11-13-30-16-32(27,28)29/h14-15H,2-13,16H2,1H3,(H,24,26)(H2,27,28,29). The number of ether oxygens (including phenoxy) is 1. The van der Waals surface area contributed by atoms with Crippen molar-refractivity contribution in [1.82, 2.24) is 25.0 Å².